The summed E-state index contributed by atoms with van der Waals surface area (Å²) in [5.41, 5.74) is 0. The van der Waals surface area contributed by atoms with Crippen molar-refractivity contribution in [3.8, 4) is 0 Å². The van der Waals surface area contributed by atoms with Crippen LogP contribution in [-0.4, -0.2) is 89.0 Å². The Hall–Kier alpha value is -2.60. The third-order valence-electron chi connectivity index (χ3n) is 10.4. The lowest BCUT2D eigenvalue weighted by atomic mass is 9.99. The number of rotatable bonds is 38. The molecule has 0 spiro atoms. The maximum Gasteiger partial charge on any atom is 0.306 e. The number of unbranched alkanes of at least 4 members (excludes halogenated alkanes) is 17. The van der Waals surface area contributed by atoms with Crippen LogP contribution < -0.4 is 0 Å². The maximum atomic E-state index is 12.8. The molecule has 0 aromatic carbocycles. The largest absolute Gasteiger partial charge is 0.462 e. The first-order valence-corrected chi connectivity index (χ1v) is 23.4. The van der Waals surface area contributed by atoms with Gasteiger partial charge in [-0.05, 0) is 83.5 Å². The number of allylic oxidation sites excluding steroid dienone is 10. The molecule has 2 unspecified atom stereocenters. The number of hydrogen-bond donors (Lipinski definition) is 4. The summed E-state index contributed by atoms with van der Waals surface area (Å²) in [4.78, 5) is 25.3. The highest BCUT2D eigenvalue weighted by molar-refractivity contribution is 5.70. The molecule has 0 amide bonds. The minimum absolute atomic E-state index is 0.200. The van der Waals surface area contributed by atoms with Gasteiger partial charge in [-0.25, -0.2) is 0 Å². The van der Waals surface area contributed by atoms with Crippen molar-refractivity contribution < 1.29 is 49.0 Å². The number of ether oxygens (including phenoxy) is 4. The fraction of sp³-hybridized carbons (Fsp3) is 0.755. The zero-order chi connectivity index (χ0) is 43.0. The van der Waals surface area contributed by atoms with Crippen molar-refractivity contribution in [2.24, 2.45) is 0 Å². The normalized spacial score (nSPS) is 20.5. The smallest absolute Gasteiger partial charge is 0.306 e. The van der Waals surface area contributed by atoms with Crippen molar-refractivity contribution in [2.75, 3.05) is 19.8 Å². The van der Waals surface area contributed by atoms with Crippen LogP contribution in [0.2, 0.25) is 0 Å². The highest BCUT2D eigenvalue weighted by Gasteiger charge is 2.44. The first-order chi connectivity index (χ1) is 28.8. The monoisotopic (exact) mass is 833 g/mol. The van der Waals surface area contributed by atoms with E-state index in [1.165, 1.54) is 77.0 Å². The van der Waals surface area contributed by atoms with Gasteiger partial charge in [0.15, 0.2) is 12.4 Å². The van der Waals surface area contributed by atoms with E-state index in [2.05, 4.69) is 74.6 Å². The fourth-order valence-corrected chi connectivity index (χ4v) is 6.64. The van der Waals surface area contributed by atoms with Crippen LogP contribution >= 0.6 is 0 Å². The maximum absolute atomic E-state index is 12.8. The van der Waals surface area contributed by atoms with Gasteiger partial charge in [-0.3, -0.25) is 9.59 Å². The molecule has 1 saturated heterocycles. The van der Waals surface area contributed by atoms with Gasteiger partial charge >= 0.3 is 11.9 Å². The Morgan fingerprint density at radius 1 is 0.525 bits per heavy atom. The van der Waals surface area contributed by atoms with Crippen molar-refractivity contribution in [1.82, 2.24) is 0 Å². The summed E-state index contributed by atoms with van der Waals surface area (Å²) < 4.78 is 22.1. The van der Waals surface area contributed by atoms with E-state index >= 15 is 0 Å². The summed E-state index contributed by atoms with van der Waals surface area (Å²) in [5.74, 6) is -0.863. The van der Waals surface area contributed by atoms with Crippen LogP contribution in [0.15, 0.2) is 60.8 Å². The van der Waals surface area contributed by atoms with Crippen LogP contribution in [0.5, 0.6) is 0 Å². The topological polar surface area (TPSA) is 152 Å². The molecule has 10 heteroatoms. The van der Waals surface area contributed by atoms with Crippen LogP contribution in [0.4, 0.5) is 0 Å². The lowest BCUT2D eigenvalue weighted by Gasteiger charge is -2.39. The molecule has 6 atom stereocenters. The Bertz CT molecular complexity index is 1150. The quantitative estimate of drug-likeness (QED) is 0.0269. The van der Waals surface area contributed by atoms with E-state index in [4.69, 9.17) is 18.9 Å². The van der Waals surface area contributed by atoms with Gasteiger partial charge in [-0.2, -0.15) is 0 Å². The summed E-state index contributed by atoms with van der Waals surface area (Å²) in [6, 6.07) is 0. The summed E-state index contributed by atoms with van der Waals surface area (Å²) in [6.45, 7) is 3.34. The number of aliphatic hydroxyl groups is 4. The van der Waals surface area contributed by atoms with Gasteiger partial charge in [0, 0.05) is 12.8 Å². The third kappa shape index (κ3) is 31.0. The molecule has 59 heavy (non-hydrogen) atoms. The van der Waals surface area contributed by atoms with Gasteiger partial charge in [0.2, 0.25) is 0 Å². The molecule has 0 saturated carbocycles. The highest BCUT2D eigenvalue weighted by Crippen LogP contribution is 2.22. The van der Waals surface area contributed by atoms with Crippen LogP contribution in [0, 0.1) is 0 Å². The SMILES string of the molecule is CCCCC/C=C/C/C=C/C/C=C/C/C=C/CCCCCC(=O)OC[C@@H](CO[C@H]1O[C@@H](CO)[C@@H](O)C(O)C1O)OC(=O)CCCCC/C=C/CCCCCCCCCC. The van der Waals surface area contributed by atoms with Crippen molar-refractivity contribution >= 4 is 11.9 Å². The number of carbonyl (C=O) groups excluding carboxylic acids is 2. The molecule has 0 bridgehead atoms. The Kier molecular flexibility index (Phi) is 36.5. The summed E-state index contributed by atoms with van der Waals surface area (Å²) >= 11 is 0. The van der Waals surface area contributed by atoms with Crippen molar-refractivity contribution in [3.63, 3.8) is 0 Å². The molecule has 0 radical (unpaired) electrons. The summed E-state index contributed by atoms with van der Waals surface area (Å²) in [6.07, 6.45) is 40.8. The second-order valence-electron chi connectivity index (χ2n) is 15.8. The van der Waals surface area contributed by atoms with Gasteiger partial charge in [-0.1, -0.05) is 145 Å². The first kappa shape index (κ1) is 54.4. The fourth-order valence-electron chi connectivity index (χ4n) is 6.64. The molecule has 1 aliphatic rings. The standard InChI is InChI=1S/C49H84O10/c1-3-5-7-9-11-13-15-17-19-20-21-22-24-25-27-29-31-33-35-37-44(51)56-40-42(41-57-49-48(55)47(54)46(53)43(39-50)59-49)58-45(52)38-36-34-32-30-28-26-23-18-16-14-12-10-8-6-4-2/h11,13,17,19,21-22,25-28,42-43,46-50,53-55H,3-10,12,14-16,18,20,23-24,29-41H2,1-2H3/b13-11+,19-17+,22-21+,27-25+,28-26+/t42-,43-,46+,47?,48?,49-/m0/s1. The predicted octanol–water partition coefficient (Wildman–Crippen LogP) is 10.2. The average molecular weight is 833 g/mol. The van der Waals surface area contributed by atoms with Crippen molar-refractivity contribution in [1.29, 1.82) is 0 Å². The summed E-state index contributed by atoms with van der Waals surface area (Å²) in [7, 11) is 0. The first-order valence-electron chi connectivity index (χ1n) is 23.4. The van der Waals surface area contributed by atoms with Gasteiger partial charge < -0.3 is 39.4 Å². The Morgan fingerprint density at radius 3 is 1.47 bits per heavy atom. The van der Waals surface area contributed by atoms with Crippen LogP contribution in [0.25, 0.3) is 0 Å². The zero-order valence-corrected chi connectivity index (χ0v) is 37.0. The molecule has 0 aromatic heterocycles. The number of aliphatic hydroxyl groups excluding tert-OH is 4. The van der Waals surface area contributed by atoms with Gasteiger partial charge in [-0.15, -0.1) is 0 Å². The van der Waals surface area contributed by atoms with E-state index in [0.717, 1.165) is 64.2 Å². The van der Waals surface area contributed by atoms with Crippen LogP contribution in [-0.2, 0) is 28.5 Å². The lowest BCUT2D eigenvalue weighted by Crippen LogP contribution is -2.59. The van der Waals surface area contributed by atoms with E-state index in [-0.39, 0.29) is 26.1 Å². The minimum atomic E-state index is -1.60. The van der Waals surface area contributed by atoms with Crippen LogP contribution in [0.1, 0.15) is 181 Å². The zero-order valence-electron chi connectivity index (χ0n) is 37.0. The van der Waals surface area contributed by atoms with E-state index in [1.54, 1.807) is 0 Å². The molecule has 4 N–H and O–H groups in total. The lowest BCUT2D eigenvalue weighted by molar-refractivity contribution is -0.305. The highest BCUT2D eigenvalue weighted by atomic mass is 16.7. The van der Waals surface area contributed by atoms with Crippen molar-refractivity contribution in [3.05, 3.63) is 60.8 Å². The molecule has 0 aromatic rings. The molecular formula is C49H84O10. The number of carbonyl (C=O) groups is 2. The molecule has 1 heterocycles. The molecule has 340 valence electrons. The van der Waals surface area contributed by atoms with Crippen LogP contribution in [0.3, 0.4) is 0 Å². The van der Waals surface area contributed by atoms with E-state index in [9.17, 15) is 30.0 Å². The second-order valence-corrected chi connectivity index (χ2v) is 15.8. The molecule has 1 fully saturated rings. The average Bonchev–Trinajstić information content (AvgIpc) is 3.23. The minimum Gasteiger partial charge on any atom is -0.462 e. The Balaban J connectivity index is 2.36. The van der Waals surface area contributed by atoms with E-state index < -0.39 is 55.4 Å². The molecule has 0 aliphatic carbocycles. The van der Waals surface area contributed by atoms with E-state index in [0.29, 0.717) is 12.8 Å². The number of hydrogen-bond acceptors (Lipinski definition) is 10. The molecule has 10 nitrogen and oxygen atoms in total. The van der Waals surface area contributed by atoms with E-state index in [1.807, 2.05) is 0 Å². The third-order valence-corrected chi connectivity index (χ3v) is 10.4. The molecule has 1 aliphatic heterocycles. The van der Waals surface area contributed by atoms with Crippen molar-refractivity contribution in [2.45, 2.75) is 218 Å². The summed E-state index contributed by atoms with van der Waals surface area (Å²) in [5, 5.41) is 40.1. The molecular weight excluding hydrogens is 749 g/mol. The Morgan fingerprint density at radius 2 is 0.949 bits per heavy atom. The number of esters is 2. The predicted molar refractivity (Wildman–Crippen MR) is 238 cm³/mol. The second kappa shape index (κ2) is 39.5. The van der Waals surface area contributed by atoms with Gasteiger partial charge in [0.1, 0.15) is 31.0 Å². The Labute approximate surface area is 358 Å². The van der Waals surface area contributed by atoms with Gasteiger partial charge in [0.25, 0.3) is 0 Å². The molecule has 1 rings (SSSR count). The van der Waals surface area contributed by atoms with Gasteiger partial charge in [0.05, 0.1) is 13.2 Å².